The Kier molecular flexibility index (Phi) is 3.92. The van der Waals surface area contributed by atoms with E-state index in [0.29, 0.717) is 12.0 Å². The average molecular weight is 228 g/mol. The molecule has 0 bridgehead atoms. The molecule has 0 spiro atoms. The molecule has 2 fully saturated rings. The highest BCUT2D eigenvalue weighted by atomic mass is 32.2. The molecule has 4 heteroatoms. The molecule has 0 aliphatic carbocycles. The Bertz CT molecular complexity index is 239. The average Bonchev–Trinajstić information content (AvgIpc) is 2.73. The molecule has 2 rings (SSSR count). The summed E-state index contributed by atoms with van der Waals surface area (Å²) in [4.78, 5) is 4.64. The molecule has 3 unspecified atom stereocenters. The summed E-state index contributed by atoms with van der Waals surface area (Å²) in [7, 11) is 0. The molecule has 2 saturated heterocycles. The second-order valence-electron chi connectivity index (χ2n) is 4.60. The summed E-state index contributed by atoms with van der Waals surface area (Å²) in [5.41, 5.74) is 0. The van der Waals surface area contributed by atoms with Crippen LogP contribution in [0.4, 0.5) is 0 Å². The first-order valence-corrected chi connectivity index (χ1v) is 6.76. The summed E-state index contributed by atoms with van der Waals surface area (Å²) in [5, 5.41) is 4.59. The summed E-state index contributed by atoms with van der Waals surface area (Å²) in [6, 6.07) is 0.560. The number of thioether (sulfide) groups is 1. The predicted molar refractivity (Wildman–Crippen MR) is 65.4 cm³/mol. The fraction of sp³-hybridized carbons (Fsp3) is 0.909. The molecular weight excluding hydrogens is 208 g/mol. The van der Waals surface area contributed by atoms with Crippen LogP contribution in [0.2, 0.25) is 0 Å². The molecule has 2 aliphatic rings. The van der Waals surface area contributed by atoms with E-state index in [-0.39, 0.29) is 0 Å². The molecule has 1 N–H and O–H groups in total. The van der Waals surface area contributed by atoms with Gasteiger partial charge < -0.3 is 10.1 Å². The minimum absolute atomic E-state index is 0.560. The van der Waals surface area contributed by atoms with E-state index in [1.807, 2.05) is 11.8 Å². The van der Waals surface area contributed by atoms with Crippen LogP contribution in [-0.4, -0.2) is 36.7 Å². The summed E-state index contributed by atoms with van der Waals surface area (Å²) >= 11 is 1.86. The minimum Gasteiger partial charge on any atom is -0.381 e. The van der Waals surface area contributed by atoms with Gasteiger partial charge in [-0.05, 0) is 19.3 Å². The maximum atomic E-state index is 5.34. The van der Waals surface area contributed by atoms with Crippen molar-refractivity contribution in [3.05, 3.63) is 0 Å². The second-order valence-corrected chi connectivity index (χ2v) is 5.61. The fourth-order valence-electron chi connectivity index (χ4n) is 1.76. The van der Waals surface area contributed by atoms with E-state index >= 15 is 0 Å². The number of nitrogens with zero attached hydrogens (tertiary/aromatic N) is 1. The summed E-state index contributed by atoms with van der Waals surface area (Å²) < 4.78 is 5.34. The standard InChI is InChI=1S/C11H20N2OS/c1-8-7-15-11(13-9(8)2)12-5-10-3-4-14-6-10/h8-10H,3-7H2,1-2H3,(H,12,13). The molecule has 86 valence electrons. The molecule has 2 heterocycles. The van der Waals surface area contributed by atoms with Crippen LogP contribution in [0.3, 0.4) is 0 Å². The Balaban J connectivity index is 1.80. The Morgan fingerprint density at radius 1 is 1.53 bits per heavy atom. The van der Waals surface area contributed by atoms with E-state index < -0.39 is 0 Å². The quantitative estimate of drug-likeness (QED) is 0.781. The van der Waals surface area contributed by atoms with Gasteiger partial charge in [0.15, 0.2) is 5.17 Å². The van der Waals surface area contributed by atoms with Gasteiger partial charge in [0.2, 0.25) is 0 Å². The first-order valence-electron chi connectivity index (χ1n) is 5.77. The van der Waals surface area contributed by atoms with E-state index in [1.165, 1.54) is 12.2 Å². The van der Waals surface area contributed by atoms with Crippen molar-refractivity contribution < 1.29 is 4.74 Å². The van der Waals surface area contributed by atoms with Crippen molar-refractivity contribution in [2.24, 2.45) is 16.8 Å². The zero-order valence-electron chi connectivity index (χ0n) is 9.53. The molecular formula is C11H20N2OS. The van der Waals surface area contributed by atoms with E-state index in [1.54, 1.807) is 0 Å². The van der Waals surface area contributed by atoms with Crippen LogP contribution in [0.25, 0.3) is 0 Å². The van der Waals surface area contributed by atoms with Crippen LogP contribution in [0, 0.1) is 11.8 Å². The molecule has 3 atom stereocenters. The van der Waals surface area contributed by atoms with Crippen molar-refractivity contribution >= 4 is 16.9 Å². The van der Waals surface area contributed by atoms with Crippen LogP contribution in [0.5, 0.6) is 0 Å². The van der Waals surface area contributed by atoms with Gasteiger partial charge in [0.1, 0.15) is 0 Å². The molecule has 0 aromatic rings. The van der Waals surface area contributed by atoms with E-state index in [2.05, 4.69) is 24.2 Å². The predicted octanol–water partition coefficient (Wildman–Crippen LogP) is 1.74. The van der Waals surface area contributed by atoms with Gasteiger partial charge in [-0.2, -0.15) is 0 Å². The smallest absolute Gasteiger partial charge is 0.156 e. The van der Waals surface area contributed by atoms with Gasteiger partial charge in [-0.25, -0.2) is 0 Å². The number of ether oxygens (including phenoxy) is 1. The Hall–Kier alpha value is -0.220. The van der Waals surface area contributed by atoms with E-state index in [9.17, 15) is 0 Å². The molecule has 15 heavy (non-hydrogen) atoms. The summed E-state index contributed by atoms with van der Waals surface area (Å²) in [6.45, 7) is 7.26. The zero-order chi connectivity index (χ0) is 10.7. The lowest BCUT2D eigenvalue weighted by Gasteiger charge is -2.28. The van der Waals surface area contributed by atoms with Crippen molar-refractivity contribution in [2.45, 2.75) is 26.3 Å². The number of hydrogen-bond acceptors (Lipinski definition) is 3. The lowest BCUT2D eigenvalue weighted by molar-refractivity contribution is 0.187. The molecule has 0 saturated carbocycles. The van der Waals surface area contributed by atoms with Gasteiger partial charge in [0.05, 0.1) is 6.61 Å². The SMILES string of the molecule is CC1CSC(=NCC2CCOC2)NC1C. The number of rotatable bonds is 2. The molecule has 0 aromatic heterocycles. The first-order chi connectivity index (χ1) is 7.25. The third-order valence-electron chi connectivity index (χ3n) is 3.20. The lowest BCUT2D eigenvalue weighted by atomic mass is 10.1. The van der Waals surface area contributed by atoms with Crippen LogP contribution < -0.4 is 5.32 Å². The first kappa shape index (κ1) is 11.3. The van der Waals surface area contributed by atoms with Gasteiger partial charge in [0, 0.05) is 30.9 Å². The molecule has 0 radical (unpaired) electrons. The fourth-order valence-corrected chi connectivity index (χ4v) is 2.91. The van der Waals surface area contributed by atoms with Crippen molar-refractivity contribution in [1.29, 1.82) is 0 Å². The number of nitrogens with one attached hydrogen (secondary N) is 1. The van der Waals surface area contributed by atoms with Gasteiger partial charge >= 0.3 is 0 Å². The topological polar surface area (TPSA) is 33.6 Å². The lowest BCUT2D eigenvalue weighted by Crippen LogP contribution is -2.41. The van der Waals surface area contributed by atoms with Crippen LogP contribution >= 0.6 is 11.8 Å². The number of aliphatic imine (C=N–C) groups is 1. The highest BCUT2D eigenvalue weighted by molar-refractivity contribution is 8.13. The maximum Gasteiger partial charge on any atom is 0.156 e. The van der Waals surface area contributed by atoms with Crippen molar-refractivity contribution in [3.8, 4) is 0 Å². The van der Waals surface area contributed by atoms with Crippen molar-refractivity contribution in [1.82, 2.24) is 5.32 Å². The highest BCUT2D eigenvalue weighted by Crippen LogP contribution is 2.20. The number of amidine groups is 1. The summed E-state index contributed by atoms with van der Waals surface area (Å²) in [5.74, 6) is 2.58. The van der Waals surface area contributed by atoms with Crippen LogP contribution in [0.1, 0.15) is 20.3 Å². The third-order valence-corrected chi connectivity index (χ3v) is 4.42. The molecule has 3 nitrogen and oxygen atoms in total. The number of hydrogen-bond donors (Lipinski definition) is 1. The summed E-state index contributed by atoms with van der Waals surface area (Å²) in [6.07, 6.45) is 1.17. The van der Waals surface area contributed by atoms with Crippen LogP contribution in [0.15, 0.2) is 4.99 Å². The zero-order valence-corrected chi connectivity index (χ0v) is 10.3. The molecule has 0 amide bonds. The van der Waals surface area contributed by atoms with Gasteiger partial charge in [-0.1, -0.05) is 18.7 Å². The van der Waals surface area contributed by atoms with Gasteiger partial charge in [0.25, 0.3) is 0 Å². The van der Waals surface area contributed by atoms with E-state index in [4.69, 9.17) is 4.74 Å². The largest absolute Gasteiger partial charge is 0.381 e. The van der Waals surface area contributed by atoms with Gasteiger partial charge in [-0.15, -0.1) is 0 Å². The maximum absolute atomic E-state index is 5.34. The normalized spacial score (nSPS) is 39.3. The monoisotopic (exact) mass is 228 g/mol. The van der Waals surface area contributed by atoms with Crippen molar-refractivity contribution in [3.63, 3.8) is 0 Å². The Morgan fingerprint density at radius 2 is 2.40 bits per heavy atom. The highest BCUT2D eigenvalue weighted by Gasteiger charge is 2.21. The Morgan fingerprint density at radius 3 is 3.07 bits per heavy atom. The van der Waals surface area contributed by atoms with Crippen LogP contribution in [-0.2, 0) is 4.74 Å². The van der Waals surface area contributed by atoms with Crippen molar-refractivity contribution in [2.75, 3.05) is 25.5 Å². The van der Waals surface area contributed by atoms with E-state index in [0.717, 1.165) is 30.8 Å². The van der Waals surface area contributed by atoms with Gasteiger partial charge in [-0.3, -0.25) is 4.99 Å². The molecule has 2 aliphatic heterocycles. The second kappa shape index (κ2) is 5.21. The Labute approximate surface area is 96.1 Å². The third kappa shape index (κ3) is 3.11. The molecule has 0 aromatic carbocycles. The minimum atomic E-state index is 0.560.